The van der Waals surface area contributed by atoms with Crippen molar-refractivity contribution >= 4 is 11.9 Å². The first-order chi connectivity index (χ1) is 17.1. The molecule has 2 aliphatic rings. The summed E-state index contributed by atoms with van der Waals surface area (Å²) in [5.41, 5.74) is 4.50. The molecule has 0 atom stereocenters. The molecule has 1 saturated carbocycles. The molecule has 5 rings (SSSR count). The number of rotatable bonds is 6. The highest BCUT2D eigenvalue weighted by molar-refractivity contribution is 5.89. The predicted octanol–water partition coefficient (Wildman–Crippen LogP) is 4.66. The lowest BCUT2D eigenvalue weighted by molar-refractivity contribution is -0.137. The first kappa shape index (κ1) is 23.0. The van der Waals surface area contributed by atoms with E-state index in [4.69, 9.17) is 4.74 Å². The highest BCUT2D eigenvalue weighted by Gasteiger charge is 2.48. The van der Waals surface area contributed by atoms with Crippen molar-refractivity contribution < 1.29 is 14.3 Å². The minimum Gasteiger partial charge on any atom is -0.463 e. The molecule has 3 aromatic rings. The average Bonchev–Trinajstić information content (AvgIpc) is 3.49. The molecule has 2 aromatic carbocycles. The topological polar surface area (TPSA) is 101 Å². The summed E-state index contributed by atoms with van der Waals surface area (Å²) in [4.78, 5) is 27.4. The lowest BCUT2D eigenvalue weighted by Crippen LogP contribution is -2.28. The number of hydrogen-bond acceptors (Lipinski definition) is 6. The summed E-state index contributed by atoms with van der Waals surface area (Å²) in [7, 11) is 0. The Hall–Kier alpha value is -3.81. The van der Waals surface area contributed by atoms with E-state index in [2.05, 4.69) is 20.6 Å². The van der Waals surface area contributed by atoms with Crippen molar-refractivity contribution in [2.75, 3.05) is 6.61 Å². The van der Waals surface area contributed by atoms with Gasteiger partial charge in [0.1, 0.15) is 0 Å². The minimum atomic E-state index is -0.374. The third kappa shape index (κ3) is 4.60. The van der Waals surface area contributed by atoms with E-state index in [0.717, 1.165) is 53.6 Å². The second kappa shape index (κ2) is 9.82. The van der Waals surface area contributed by atoms with Crippen LogP contribution >= 0.6 is 0 Å². The molecule has 1 aliphatic carbocycles. The number of hydrogen-bond donors (Lipinski definition) is 1. The van der Waals surface area contributed by atoms with Gasteiger partial charge in [-0.25, -0.2) is 4.79 Å². The number of ether oxygens (including phenoxy) is 1. The summed E-state index contributed by atoms with van der Waals surface area (Å²) < 4.78 is 5.21. The van der Waals surface area contributed by atoms with Gasteiger partial charge in [0, 0.05) is 29.2 Å². The van der Waals surface area contributed by atoms with Crippen LogP contribution in [0, 0.1) is 5.41 Å². The molecule has 2 heterocycles. The van der Waals surface area contributed by atoms with Crippen molar-refractivity contribution in [3.63, 3.8) is 0 Å². The van der Waals surface area contributed by atoms with Gasteiger partial charge in [-0.1, -0.05) is 67.8 Å². The Balaban J connectivity index is 1.42. The second-order valence-corrected chi connectivity index (χ2v) is 9.26. The van der Waals surface area contributed by atoms with Crippen LogP contribution in [-0.4, -0.2) is 44.0 Å². The molecule has 8 nitrogen and oxygen atoms in total. The highest BCUT2D eigenvalue weighted by atomic mass is 16.5. The molecule has 180 valence electrons. The van der Waals surface area contributed by atoms with E-state index in [1.807, 2.05) is 48.5 Å². The Labute approximate surface area is 204 Å². The number of allylic oxidation sites excluding steroid dienone is 1. The van der Waals surface area contributed by atoms with Crippen LogP contribution in [0.2, 0.25) is 0 Å². The normalized spacial score (nSPS) is 18.4. The van der Waals surface area contributed by atoms with Gasteiger partial charge in [-0.15, -0.1) is 10.2 Å². The molecular formula is C27H29N5O3. The zero-order chi connectivity index (χ0) is 24.3. The summed E-state index contributed by atoms with van der Waals surface area (Å²) in [5.74, 6) is 0.244. The van der Waals surface area contributed by atoms with Crippen molar-refractivity contribution in [2.24, 2.45) is 5.41 Å². The van der Waals surface area contributed by atoms with E-state index in [0.29, 0.717) is 25.4 Å². The maximum Gasteiger partial charge on any atom is 0.332 e. The van der Waals surface area contributed by atoms with Gasteiger partial charge in [0.15, 0.2) is 0 Å². The fourth-order valence-electron chi connectivity index (χ4n) is 5.44. The van der Waals surface area contributed by atoms with Crippen LogP contribution in [-0.2, 0) is 20.9 Å². The molecule has 1 spiro atoms. The summed E-state index contributed by atoms with van der Waals surface area (Å²) >= 11 is 0. The van der Waals surface area contributed by atoms with Gasteiger partial charge in [0.25, 0.3) is 0 Å². The van der Waals surface area contributed by atoms with Crippen LogP contribution in [0.3, 0.4) is 0 Å². The van der Waals surface area contributed by atoms with Gasteiger partial charge < -0.3 is 9.64 Å². The number of amides is 1. The third-order valence-electron chi connectivity index (χ3n) is 7.10. The quantitative estimate of drug-likeness (QED) is 0.414. The van der Waals surface area contributed by atoms with E-state index in [9.17, 15) is 9.59 Å². The lowest BCUT2D eigenvalue weighted by atomic mass is 9.71. The minimum absolute atomic E-state index is 0.0778. The second-order valence-electron chi connectivity index (χ2n) is 9.26. The molecular weight excluding hydrogens is 442 g/mol. The fraction of sp³-hybridized carbons (Fsp3) is 0.370. The van der Waals surface area contributed by atoms with Crippen LogP contribution in [0.1, 0.15) is 51.0 Å². The SMILES string of the molecule is CCOC(=O)/C=C1\N(Cc2ccc(-c3ccccc3-c3nn[nH]n3)cc2)C(=O)CC12CCCCC2. The Bertz CT molecular complexity index is 1230. The monoisotopic (exact) mass is 471 g/mol. The summed E-state index contributed by atoms with van der Waals surface area (Å²) in [6, 6.07) is 16.1. The van der Waals surface area contributed by atoms with E-state index < -0.39 is 0 Å². The fourth-order valence-corrected chi connectivity index (χ4v) is 5.44. The molecule has 2 fully saturated rings. The van der Waals surface area contributed by atoms with Gasteiger partial charge in [0.2, 0.25) is 11.7 Å². The van der Waals surface area contributed by atoms with Gasteiger partial charge in [-0.05, 0) is 41.7 Å². The number of carbonyl (C=O) groups excluding carboxylic acids is 2. The number of aromatic nitrogens is 4. The molecule has 0 unspecified atom stereocenters. The Morgan fingerprint density at radius 2 is 1.83 bits per heavy atom. The van der Waals surface area contributed by atoms with Gasteiger partial charge in [0.05, 0.1) is 13.2 Å². The van der Waals surface area contributed by atoms with Crippen molar-refractivity contribution in [2.45, 2.75) is 52.0 Å². The number of aromatic amines is 1. The first-order valence-corrected chi connectivity index (χ1v) is 12.2. The van der Waals surface area contributed by atoms with Gasteiger partial charge >= 0.3 is 5.97 Å². The maximum atomic E-state index is 13.2. The number of benzene rings is 2. The third-order valence-corrected chi connectivity index (χ3v) is 7.10. The molecule has 0 radical (unpaired) electrons. The van der Waals surface area contributed by atoms with Crippen molar-refractivity contribution in [1.82, 2.24) is 25.5 Å². The van der Waals surface area contributed by atoms with Crippen molar-refractivity contribution in [1.29, 1.82) is 0 Å². The molecule has 1 aliphatic heterocycles. The number of H-pyrrole nitrogens is 1. The van der Waals surface area contributed by atoms with Crippen LogP contribution in [0.5, 0.6) is 0 Å². The molecule has 1 aromatic heterocycles. The molecule has 1 amide bonds. The molecule has 35 heavy (non-hydrogen) atoms. The first-order valence-electron chi connectivity index (χ1n) is 12.2. The van der Waals surface area contributed by atoms with E-state index >= 15 is 0 Å². The maximum absolute atomic E-state index is 13.2. The predicted molar refractivity (Wildman–Crippen MR) is 130 cm³/mol. The van der Waals surface area contributed by atoms with Gasteiger partial charge in [-0.3, -0.25) is 4.79 Å². The number of nitrogens with zero attached hydrogens (tertiary/aromatic N) is 4. The summed E-state index contributed by atoms with van der Waals surface area (Å²) in [6.45, 7) is 2.54. The standard InChI is InChI=1S/C27H29N5O3/c1-2-35-25(34)16-23-27(14-6-3-7-15-27)17-24(33)32(23)18-19-10-12-20(13-11-19)21-8-4-5-9-22(21)26-28-30-31-29-26/h4-5,8-13,16H,2-3,6-7,14-15,17-18H2,1H3,(H,28,29,30,31)/b23-16-. The molecule has 1 saturated heterocycles. The number of likely N-dealkylation sites (tertiary alicyclic amines) is 1. The largest absolute Gasteiger partial charge is 0.463 e. The number of nitrogens with one attached hydrogen (secondary N) is 1. The zero-order valence-electron chi connectivity index (χ0n) is 19.9. The lowest BCUT2D eigenvalue weighted by Gasteiger charge is -2.35. The smallest absolute Gasteiger partial charge is 0.332 e. The highest BCUT2D eigenvalue weighted by Crippen LogP contribution is 2.51. The number of carbonyl (C=O) groups is 2. The van der Waals surface area contributed by atoms with E-state index in [-0.39, 0.29) is 17.3 Å². The van der Waals surface area contributed by atoms with Crippen LogP contribution in [0.4, 0.5) is 0 Å². The summed E-state index contributed by atoms with van der Waals surface area (Å²) in [6.07, 6.45) is 7.24. The zero-order valence-corrected chi connectivity index (χ0v) is 19.9. The summed E-state index contributed by atoms with van der Waals surface area (Å²) in [5, 5.41) is 14.4. The van der Waals surface area contributed by atoms with Crippen LogP contribution < -0.4 is 0 Å². The Morgan fingerprint density at radius 3 is 2.51 bits per heavy atom. The van der Waals surface area contributed by atoms with Crippen molar-refractivity contribution in [3.05, 3.63) is 65.9 Å². The molecule has 1 N–H and O–H groups in total. The van der Waals surface area contributed by atoms with Gasteiger partial charge in [-0.2, -0.15) is 5.21 Å². The van der Waals surface area contributed by atoms with E-state index in [1.165, 1.54) is 6.42 Å². The van der Waals surface area contributed by atoms with Crippen molar-refractivity contribution in [3.8, 4) is 22.5 Å². The van der Waals surface area contributed by atoms with E-state index in [1.54, 1.807) is 17.9 Å². The molecule has 8 heteroatoms. The Kier molecular flexibility index (Phi) is 6.44. The van der Waals surface area contributed by atoms with Crippen LogP contribution in [0.25, 0.3) is 22.5 Å². The molecule has 0 bridgehead atoms. The number of tetrazole rings is 1. The number of esters is 1. The Morgan fingerprint density at radius 1 is 1.09 bits per heavy atom. The van der Waals surface area contributed by atoms with Crippen LogP contribution in [0.15, 0.2) is 60.3 Å². The average molecular weight is 472 g/mol.